The highest BCUT2D eigenvalue weighted by Gasteiger charge is 2.79. The summed E-state index contributed by atoms with van der Waals surface area (Å²) >= 11 is 0. The number of nitrogens with one attached hydrogen (secondary N) is 1. The van der Waals surface area contributed by atoms with Crippen LogP contribution in [0.25, 0.3) is 0 Å². The first-order valence-electron chi connectivity index (χ1n) is 20.6. The second-order valence-electron chi connectivity index (χ2n) is 20.4. The molecule has 6 N–H and O–H groups in total. The second-order valence-corrected chi connectivity index (χ2v) is 20.4. The van der Waals surface area contributed by atoms with Gasteiger partial charge in [-0.15, -0.1) is 0 Å². The number of hydrogen-bond acceptors (Lipinski definition) is 8. The van der Waals surface area contributed by atoms with Gasteiger partial charge in [0.05, 0.1) is 23.1 Å². The van der Waals surface area contributed by atoms with Crippen LogP contribution in [0.2, 0.25) is 0 Å². The topological polar surface area (TPSA) is 138 Å². The maximum Gasteiger partial charge on any atom is 0.162 e. The van der Waals surface area contributed by atoms with Gasteiger partial charge in [0.25, 0.3) is 0 Å². The molecule has 282 valence electrons. The Morgan fingerprint density at radius 2 is 1.84 bits per heavy atom. The lowest BCUT2D eigenvalue weighted by atomic mass is 9.36. The number of allylic oxidation sites excluding steroid dienone is 3. The highest BCUT2D eigenvalue weighted by Crippen LogP contribution is 2.78. The van der Waals surface area contributed by atoms with E-state index in [1.807, 2.05) is 13.0 Å². The largest absolute Gasteiger partial charge is 0.393 e. The van der Waals surface area contributed by atoms with Crippen LogP contribution in [0, 0.1) is 57.7 Å². The van der Waals surface area contributed by atoms with Crippen molar-refractivity contribution in [2.45, 2.75) is 154 Å². The molecule has 8 heteroatoms. The highest BCUT2D eigenvalue weighted by molar-refractivity contribution is 6.00. The third-order valence-corrected chi connectivity index (χ3v) is 17.7. The number of hydrogen-bond donors (Lipinski definition) is 5. The minimum Gasteiger partial charge on any atom is -0.393 e. The number of carbonyl (C=O) groups excluding carboxylic acids is 1. The molecule has 9 aliphatic rings. The molecule has 6 fully saturated rings. The van der Waals surface area contributed by atoms with Crippen molar-refractivity contribution in [1.29, 1.82) is 0 Å². The smallest absolute Gasteiger partial charge is 0.162 e. The van der Waals surface area contributed by atoms with Crippen molar-refractivity contribution in [2.24, 2.45) is 63.4 Å². The number of aliphatic hydroxyl groups excluding tert-OH is 1. The van der Waals surface area contributed by atoms with Gasteiger partial charge >= 0.3 is 0 Å². The van der Waals surface area contributed by atoms with E-state index in [1.165, 1.54) is 5.57 Å². The van der Waals surface area contributed by atoms with Crippen molar-refractivity contribution in [1.82, 2.24) is 5.32 Å². The van der Waals surface area contributed by atoms with E-state index in [0.717, 1.165) is 88.3 Å². The Balaban J connectivity index is 1.08. The van der Waals surface area contributed by atoms with Crippen LogP contribution >= 0.6 is 0 Å². The van der Waals surface area contributed by atoms with E-state index in [0.29, 0.717) is 36.6 Å². The van der Waals surface area contributed by atoms with E-state index in [-0.39, 0.29) is 47.1 Å². The van der Waals surface area contributed by atoms with Gasteiger partial charge in [-0.3, -0.25) is 4.79 Å². The minimum absolute atomic E-state index is 0.0454. The Bertz CT molecular complexity index is 1600. The summed E-state index contributed by atoms with van der Waals surface area (Å²) in [5.74, 6) is 2.25. The van der Waals surface area contributed by atoms with Gasteiger partial charge in [0.15, 0.2) is 5.78 Å². The molecule has 15 atom stereocenters. The summed E-state index contributed by atoms with van der Waals surface area (Å²) in [7, 11) is 0. The van der Waals surface area contributed by atoms with Crippen LogP contribution < -0.4 is 11.1 Å². The first-order chi connectivity index (χ1) is 24.0. The summed E-state index contributed by atoms with van der Waals surface area (Å²) in [6.07, 6.45) is 13.4. The summed E-state index contributed by atoms with van der Waals surface area (Å²) in [6.45, 7) is 14.7. The third-order valence-electron chi connectivity index (χ3n) is 17.7. The molecule has 8 nitrogen and oxygen atoms in total. The predicted octanol–water partition coefficient (Wildman–Crippen LogP) is 5.70. The second kappa shape index (κ2) is 11.2. The van der Waals surface area contributed by atoms with Gasteiger partial charge in [0.2, 0.25) is 0 Å². The number of ether oxygens (including phenoxy) is 2. The lowest BCUT2D eigenvalue weighted by Gasteiger charge is -2.69. The summed E-state index contributed by atoms with van der Waals surface area (Å²) in [5.41, 5.74) is 5.40. The summed E-state index contributed by atoms with van der Waals surface area (Å²) in [6, 6.07) is 0. The molecule has 0 aromatic heterocycles. The molecule has 0 radical (unpaired) electrons. The van der Waals surface area contributed by atoms with Crippen molar-refractivity contribution in [3.63, 3.8) is 0 Å². The fourth-order valence-electron chi connectivity index (χ4n) is 14.7. The van der Waals surface area contributed by atoms with Gasteiger partial charge in [-0.1, -0.05) is 40.7 Å². The molecule has 15 unspecified atom stereocenters. The normalized spacial score (nSPS) is 51.2. The molecule has 0 amide bonds. The van der Waals surface area contributed by atoms with Gasteiger partial charge in [0.1, 0.15) is 17.8 Å². The third kappa shape index (κ3) is 4.52. The molecule has 0 bridgehead atoms. The van der Waals surface area contributed by atoms with Crippen LogP contribution in [-0.4, -0.2) is 69.4 Å². The molecule has 4 saturated carbocycles. The quantitative estimate of drug-likeness (QED) is 0.213. The lowest BCUT2D eigenvalue weighted by Crippen LogP contribution is -2.69. The Morgan fingerprint density at radius 1 is 1.06 bits per heavy atom. The molecule has 51 heavy (non-hydrogen) atoms. The average molecular weight is 705 g/mol. The molecular weight excluding hydrogens is 640 g/mol. The highest BCUT2D eigenvalue weighted by atomic mass is 16.6. The van der Waals surface area contributed by atoms with Crippen molar-refractivity contribution in [3.05, 3.63) is 34.7 Å². The fourth-order valence-corrected chi connectivity index (χ4v) is 14.7. The van der Waals surface area contributed by atoms with Gasteiger partial charge in [-0.2, -0.15) is 0 Å². The molecule has 9 rings (SSSR count). The summed E-state index contributed by atoms with van der Waals surface area (Å²) in [5, 5.41) is 40.3. The van der Waals surface area contributed by atoms with Crippen LogP contribution in [0.4, 0.5) is 0 Å². The molecule has 2 saturated heterocycles. The molecule has 3 aliphatic heterocycles. The lowest BCUT2D eigenvalue weighted by molar-refractivity contribution is -0.216. The number of ketones is 1. The van der Waals surface area contributed by atoms with Crippen LogP contribution in [0.15, 0.2) is 34.7 Å². The fraction of sp³-hybridized carbons (Fsp3) is 0.837. The zero-order valence-electron chi connectivity index (χ0n) is 32.0. The van der Waals surface area contributed by atoms with Crippen LogP contribution in [0.3, 0.4) is 0 Å². The van der Waals surface area contributed by atoms with E-state index in [4.69, 9.17) is 15.2 Å². The van der Waals surface area contributed by atoms with Crippen molar-refractivity contribution < 1.29 is 29.6 Å². The Kier molecular flexibility index (Phi) is 7.68. The van der Waals surface area contributed by atoms with Gasteiger partial charge < -0.3 is 35.8 Å². The van der Waals surface area contributed by atoms with Gasteiger partial charge in [-0.25, -0.2) is 0 Å². The molecule has 0 spiro atoms. The van der Waals surface area contributed by atoms with E-state index in [9.17, 15) is 20.1 Å². The average Bonchev–Trinajstić information content (AvgIpc) is 3.85. The monoisotopic (exact) mass is 704 g/mol. The number of nitrogens with two attached hydrogens (primary N) is 1. The molecule has 3 heterocycles. The molecule has 0 aromatic carbocycles. The summed E-state index contributed by atoms with van der Waals surface area (Å²) < 4.78 is 14.0. The van der Waals surface area contributed by atoms with Crippen molar-refractivity contribution in [3.8, 4) is 0 Å². The Labute approximate surface area is 305 Å². The molecule has 0 aromatic rings. The van der Waals surface area contributed by atoms with Crippen molar-refractivity contribution in [2.75, 3.05) is 13.2 Å². The van der Waals surface area contributed by atoms with Crippen LogP contribution in [0.1, 0.15) is 119 Å². The Hall–Kier alpha value is -1.71. The Morgan fingerprint density at radius 3 is 2.59 bits per heavy atom. The van der Waals surface area contributed by atoms with E-state index in [2.05, 4.69) is 46.0 Å². The maximum absolute atomic E-state index is 14.6. The number of Topliss-reactive ketones (excluding diaryl/α,β-unsaturated/α-hetero) is 1. The van der Waals surface area contributed by atoms with Crippen molar-refractivity contribution >= 4 is 5.78 Å². The SMILES string of the molecule is CC1CCOC(C2OC2C(C)(O)C(C)(C)CCC2=CCNC(N)=C2)(C2CC3CCC4=C5C6C(CCC7CC(O)CC(C4=O)C76C)CC2(C)C53O)C1. The number of carbonyl (C=O) groups is 1. The number of aliphatic hydroxyl groups is 3. The van der Waals surface area contributed by atoms with E-state index >= 15 is 0 Å². The number of rotatable bonds is 7. The molecule has 6 aliphatic carbocycles. The standard InChI is InChI=1S/C43H64N2O6/c1-23-13-16-50-42(21-23,37-36(51-37)41(6,48)38(2,3)14-11-24-12-15-45-32(44)17-24)31-19-27-9-10-29-34-33-25(22-39(31,4)43(27,34)49)7-8-26-18-28(46)20-30(35(29)47)40(26,33)5/h12,17,23,25-28,30-31,33,36-37,45-46,48-49H,7-11,13-16,18-22,44H2,1-6H3. The zero-order chi connectivity index (χ0) is 36.1. The van der Waals surface area contributed by atoms with Crippen LogP contribution in [0.5, 0.6) is 0 Å². The first kappa shape index (κ1) is 35.0. The van der Waals surface area contributed by atoms with Gasteiger partial charge in [0, 0.05) is 24.5 Å². The molecular formula is C43H64N2O6. The van der Waals surface area contributed by atoms with E-state index in [1.54, 1.807) is 0 Å². The van der Waals surface area contributed by atoms with Crippen LogP contribution in [-0.2, 0) is 14.3 Å². The maximum atomic E-state index is 14.6. The zero-order valence-corrected chi connectivity index (χ0v) is 32.0. The number of epoxide rings is 1. The van der Waals surface area contributed by atoms with Gasteiger partial charge in [-0.05, 0) is 153 Å². The summed E-state index contributed by atoms with van der Waals surface area (Å²) in [4.78, 5) is 14.6. The van der Waals surface area contributed by atoms with E-state index < -0.39 is 33.7 Å². The minimum atomic E-state index is -1.10. The number of dihydropyridines is 1. The predicted molar refractivity (Wildman–Crippen MR) is 195 cm³/mol. The first-order valence-corrected chi connectivity index (χ1v) is 20.6.